The molecule has 1 aromatic carbocycles. The van der Waals surface area contributed by atoms with E-state index in [2.05, 4.69) is 15.9 Å². The van der Waals surface area contributed by atoms with Crippen LogP contribution in [-0.4, -0.2) is 36.6 Å². The third-order valence-corrected chi connectivity index (χ3v) is 4.12. The first-order valence-corrected chi connectivity index (χ1v) is 7.11. The maximum atomic E-state index is 12.4. The standard InChI is InChI=1S/C13H15BrClNO2/c1-9-8-16(5-2-6-18-9)13(17)10-3-4-12(15)11(14)7-10/h3-4,7,9H,2,5-6,8H2,1H3. The monoisotopic (exact) mass is 331 g/mol. The first-order valence-electron chi connectivity index (χ1n) is 5.94. The van der Waals surface area contributed by atoms with E-state index in [1.165, 1.54) is 0 Å². The fourth-order valence-corrected chi connectivity index (χ4v) is 2.49. The quantitative estimate of drug-likeness (QED) is 0.789. The largest absolute Gasteiger partial charge is 0.377 e. The lowest BCUT2D eigenvalue weighted by Crippen LogP contribution is -2.35. The number of carbonyl (C=O) groups is 1. The molecular formula is C13H15BrClNO2. The van der Waals surface area contributed by atoms with Crippen LogP contribution < -0.4 is 0 Å². The molecule has 2 rings (SSSR count). The molecule has 1 atom stereocenters. The highest BCUT2D eigenvalue weighted by Crippen LogP contribution is 2.24. The van der Waals surface area contributed by atoms with Gasteiger partial charge < -0.3 is 9.64 Å². The molecule has 1 heterocycles. The number of nitrogens with zero attached hydrogens (tertiary/aromatic N) is 1. The van der Waals surface area contributed by atoms with Crippen molar-refractivity contribution in [1.29, 1.82) is 0 Å². The lowest BCUT2D eigenvalue weighted by molar-refractivity contribution is 0.0562. The zero-order chi connectivity index (χ0) is 13.1. The van der Waals surface area contributed by atoms with E-state index >= 15 is 0 Å². The van der Waals surface area contributed by atoms with Crippen molar-refractivity contribution >= 4 is 33.4 Å². The van der Waals surface area contributed by atoms with Gasteiger partial charge in [-0.05, 0) is 47.5 Å². The number of hydrogen-bond acceptors (Lipinski definition) is 2. The van der Waals surface area contributed by atoms with Gasteiger partial charge in [0.15, 0.2) is 0 Å². The Balaban J connectivity index is 2.16. The summed E-state index contributed by atoms with van der Waals surface area (Å²) >= 11 is 9.27. The zero-order valence-electron chi connectivity index (χ0n) is 10.2. The van der Waals surface area contributed by atoms with E-state index in [0.29, 0.717) is 17.1 Å². The van der Waals surface area contributed by atoms with Crippen molar-refractivity contribution in [2.75, 3.05) is 19.7 Å². The molecule has 3 nitrogen and oxygen atoms in total. The molecule has 0 spiro atoms. The van der Waals surface area contributed by atoms with Crippen LogP contribution in [0.4, 0.5) is 0 Å². The van der Waals surface area contributed by atoms with Crippen LogP contribution in [0.2, 0.25) is 5.02 Å². The summed E-state index contributed by atoms with van der Waals surface area (Å²) < 4.78 is 6.28. The van der Waals surface area contributed by atoms with Crippen molar-refractivity contribution in [1.82, 2.24) is 4.90 Å². The Morgan fingerprint density at radius 1 is 1.56 bits per heavy atom. The molecule has 1 fully saturated rings. The lowest BCUT2D eigenvalue weighted by Gasteiger charge is -2.22. The predicted octanol–water partition coefficient (Wildman–Crippen LogP) is 3.35. The van der Waals surface area contributed by atoms with Crippen LogP contribution in [-0.2, 0) is 4.74 Å². The Kier molecular flexibility index (Phi) is 4.65. The molecule has 1 aliphatic heterocycles. The Hall–Kier alpha value is -0.580. The van der Waals surface area contributed by atoms with E-state index in [9.17, 15) is 4.79 Å². The summed E-state index contributed by atoms with van der Waals surface area (Å²) in [6, 6.07) is 5.25. The van der Waals surface area contributed by atoms with Gasteiger partial charge in [0.05, 0.1) is 11.1 Å². The molecule has 5 heteroatoms. The fourth-order valence-electron chi connectivity index (χ4n) is 1.99. The number of benzene rings is 1. The van der Waals surface area contributed by atoms with Gasteiger partial charge in [-0.25, -0.2) is 0 Å². The van der Waals surface area contributed by atoms with E-state index < -0.39 is 0 Å². The van der Waals surface area contributed by atoms with E-state index in [-0.39, 0.29) is 12.0 Å². The highest BCUT2D eigenvalue weighted by atomic mass is 79.9. The Labute approximate surface area is 120 Å². The van der Waals surface area contributed by atoms with Gasteiger partial charge in [0, 0.05) is 29.7 Å². The van der Waals surface area contributed by atoms with Gasteiger partial charge in [0.2, 0.25) is 0 Å². The molecule has 0 aliphatic carbocycles. The van der Waals surface area contributed by atoms with Crippen LogP contribution in [0.1, 0.15) is 23.7 Å². The maximum Gasteiger partial charge on any atom is 0.253 e. The van der Waals surface area contributed by atoms with E-state index in [0.717, 1.165) is 24.0 Å². The summed E-state index contributed by atoms with van der Waals surface area (Å²) in [4.78, 5) is 14.2. The highest BCUT2D eigenvalue weighted by Gasteiger charge is 2.21. The molecule has 0 bridgehead atoms. The van der Waals surface area contributed by atoms with Crippen molar-refractivity contribution in [3.05, 3.63) is 33.3 Å². The maximum absolute atomic E-state index is 12.4. The Morgan fingerprint density at radius 2 is 2.33 bits per heavy atom. The minimum atomic E-state index is 0.0321. The second kappa shape index (κ2) is 6.04. The van der Waals surface area contributed by atoms with Gasteiger partial charge in [-0.2, -0.15) is 0 Å². The van der Waals surface area contributed by atoms with Crippen molar-refractivity contribution in [2.24, 2.45) is 0 Å². The van der Waals surface area contributed by atoms with Gasteiger partial charge >= 0.3 is 0 Å². The second-order valence-corrected chi connectivity index (χ2v) is 5.68. The minimum absolute atomic E-state index is 0.0321. The molecule has 0 radical (unpaired) electrons. The van der Waals surface area contributed by atoms with Gasteiger partial charge in [-0.15, -0.1) is 0 Å². The summed E-state index contributed by atoms with van der Waals surface area (Å²) in [5.41, 5.74) is 0.653. The Bertz CT molecular complexity index is 453. The summed E-state index contributed by atoms with van der Waals surface area (Å²) in [5, 5.41) is 0.610. The third-order valence-electron chi connectivity index (χ3n) is 2.91. The van der Waals surface area contributed by atoms with Gasteiger partial charge in [0.25, 0.3) is 5.91 Å². The van der Waals surface area contributed by atoms with Crippen LogP contribution in [0, 0.1) is 0 Å². The molecule has 1 saturated heterocycles. The second-order valence-electron chi connectivity index (χ2n) is 4.42. The SMILES string of the molecule is CC1CN(C(=O)c2ccc(Cl)c(Br)c2)CCCO1. The average Bonchev–Trinajstić information content (AvgIpc) is 2.56. The van der Waals surface area contributed by atoms with E-state index in [4.69, 9.17) is 16.3 Å². The highest BCUT2D eigenvalue weighted by molar-refractivity contribution is 9.10. The van der Waals surface area contributed by atoms with Crippen LogP contribution in [0.3, 0.4) is 0 Å². The predicted molar refractivity (Wildman–Crippen MR) is 75.1 cm³/mol. The smallest absolute Gasteiger partial charge is 0.253 e. The number of ether oxygens (including phenoxy) is 1. The number of amides is 1. The first-order chi connectivity index (χ1) is 8.58. The molecule has 1 amide bonds. The topological polar surface area (TPSA) is 29.5 Å². The number of hydrogen-bond donors (Lipinski definition) is 0. The van der Waals surface area contributed by atoms with E-state index in [1.54, 1.807) is 18.2 Å². The molecule has 0 saturated carbocycles. The summed E-state index contributed by atoms with van der Waals surface area (Å²) in [5.74, 6) is 0.0321. The van der Waals surface area contributed by atoms with Gasteiger partial charge in [-0.1, -0.05) is 11.6 Å². The van der Waals surface area contributed by atoms with Crippen LogP contribution in [0.25, 0.3) is 0 Å². The molecule has 0 aromatic heterocycles. The molecular weight excluding hydrogens is 318 g/mol. The zero-order valence-corrected chi connectivity index (χ0v) is 12.5. The van der Waals surface area contributed by atoms with Crippen molar-refractivity contribution in [3.8, 4) is 0 Å². The molecule has 98 valence electrons. The summed E-state index contributed by atoms with van der Waals surface area (Å²) in [7, 11) is 0. The van der Waals surface area contributed by atoms with Gasteiger partial charge in [0.1, 0.15) is 0 Å². The first kappa shape index (κ1) is 13.8. The van der Waals surface area contributed by atoms with E-state index in [1.807, 2.05) is 11.8 Å². The number of carbonyl (C=O) groups excluding carboxylic acids is 1. The van der Waals surface area contributed by atoms with Crippen molar-refractivity contribution in [2.45, 2.75) is 19.4 Å². The number of rotatable bonds is 1. The normalized spacial score (nSPS) is 20.6. The molecule has 18 heavy (non-hydrogen) atoms. The molecule has 1 aliphatic rings. The van der Waals surface area contributed by atoms with Crippen LogP contribution in [0.15, 0.2) is 22.7 Å². The lowest BCUT2D eigenvalue weighted by atomic mass is 10.2. The summed E-state index contributed by atoms with van der Waals surface area (Å²) in [6.07, 6.45) is 0.970. The van der Waals surface area contributed by atoms with Crippen molar-refractivity contribution in [3.63, 3.8) is 0 Å². The minimum Gasteiger partial charge on any atom is -0.377 e. The van der Waals surface area contributed by atoms with Gasteiger partial charge in [-0.3, -0.25) is 4.79 Å². The van der Waals surface area contributed by atoms with Crippen LogP contribution in [0.5, 0.6) is 0 Å². The molecule has 0 N–H and O–H groups in total. The average molecular weight is 333 g/mol. The Morgan fingerprint density at radius 3 is 3.06 bits per heavy atom. The fraction of sp³-hybridized carbons (Fsp3) is 0.462. The summed E-state index contributed by atoms with van der Waals surface area (Å²) in [6.45, 7) is 4.08. The number of halogens is 2. The third kappa shape index (κ3) is 3.25. The molecule has 1 aromatic rings. The van der Waals surface area contributed by atoms with Crippen LogP contribution >= 0.6 is 27.5 Å². The molecule has 1 unspecified atom stereocenters. The van der Waals surface area contributed by atoms with Crippen molar-refractivity contribution < 1.29 is 9.53 Å².